The molecule has 1 heterocycles. The van der Waals surface area contributed by atoms with E-state index in [4.69, 9.17) is 4.74 Å². The molecule has 2 N–H and O–H groups in total. The Balaban J connectivity index is 1.51. The maximum atomic E-state index is 13.8. The van der Waals surface area contributed by atoms with Crippen LogP contribution in [0.2, 0.25) is 0 Å². The van der Waals surface area contributed by atoms with Crippen LogP contribution in [0.15, 0.2) is 29.3 Å². The van der Waals surface area contributed by atoms with Crippen molar-refractivity contribution in [3.8, 4) is 0 Å². The van der Waals surface area contributed by atoms with E-state index in [0.29, 0.717) is 0 Å². The highest BCUT2D eigenvalue weighted by atomic mass is 19.1. The number of hydrogen-bond acceptors (Lipinski definition) is 2. The molecule has 0 bridgehead atoms. The lowest BCUT2D eigenvalue weighted by atomic mass is 10.0. The van der Waals surface area contributed by atoms with Gasteiger partial charge in [0.15, 0.2) is 5.96 Å². The van der Waals surface area contributed by atoms with E-state index in [1.807, 2.05) is 12.1 Å². The van der Waals surface area contributed by atoms with E-state index in [1.54, 1.807) is 13.1 Å². The quantitative estimate of drug-likeness (QED) is 0.663. The van der Waals surface area contributed by atoms with Crippen molar-refractivity contribution in [2.24, 2.45) is 4.99 Å². The average Bonchev–Trinajstić information content (AvgIpc) is 3.14. The van der Waals surface area contributed by atoms with Gasteiger partial charge in [-0.05, 0) is 37.8 Å². The largest absolute Gasteiger partial charge is 0.373 e. The van der Waals surface area contributed by atoms with Crippen molar-refractivity contribution in [3.05, 3.63) is 35.6 Å². The average molecular weight is 305 g/mol. The van der Waals surface area contributed by atoms with Crippen molar-refractivity contribution in [2.45, 2.75) is 43.7 Å². The van der Waals surface area contributed by atoms with Crippen LogP contribution in [-0.4, -0.2) is 37.8 Å². The second-order valence-corrected chi connectivity index (χ2v) is 6.44. The lowest BCUT2D eigenvalue weighted by Gasteiger charge is -2.24. The highest BCUT2D eigenvalue weighted by Crippen LogP contribution is 2.41. The van der Waals surface area contributed by atoms with Crippen molar-refractivity contribution < 1.29 is 9.13 Å². The molecule has 4 nitrogen and oxygen atoms in total. The SMILES string of the molecule is CN=C(NCC1(C)CCCO1)NC1CC1c1ccccc1F. The molecular formula is C17H24FN3O. The zero-order valence-electron chi connectivity index (χ0n) is 13.2. The molecule has 3 atom stereocenters. The number of benzene rings is 1. The van der Waals surface area contributed by atoms with Crippen LogP contribution < -0.4 is 10.6 Å². The maximum Gasteiger partial charge on any atom is 0.191 e. The van der Waals surface area contributed by atoms with Crippen LogP contribution in [0.1, 0.15) is 37.7 Å². The molecule has 1 aliphatic heterocycles. The minimum absolute atomic E-state index is 0.105. The summed E-state index contributed by atoms with van der Waals surface area (Å²) in [5.74, 6) is 0.880. The second kappa shape index (κ2) is 6.24. The minimum Gasteiger partial charge on any atom is -0.373 e. The first kappa shape index (κ1) is 15.3. The normalized spacial score (nSPS) is 31.1. The third kappa shape index (κ3) is 3.40. The number of halogens is 1. The Morgan fingerprint density at radius 3 is 2.95 bits per heavy atom. The standard InChI is InChI=1S/C17H24FN3O/c1-17(8-5-9-22-17)11-20-16(19-2)21-15-10-13(15)12-6-3-4-7-14(12)18/h3-4,6-7,13,15H,5,8-11H2,1-2H3,(H2,19,20,21). The number of guanidine groups is 1. The highest BCUT2D eigenvalue weighted by Gasteiger charge is 2.40. The van der Waals surface area contributed by atoms with Crippen LogP contribution >= 0.6 is 0 Å². The Morgan fingerprint density at radius 1 is 1.45 bits per heavy atom. The van der Waals surface area contributed by atoms with Crippen molar-refractivity contribution in [2.75, 3.05) is 20.2 Å². The molecule has 1 aliphatic carbocycles. The van der Waals surface area contributed by atoms with E-state index in [2.05, 4.69) is 22.5 Å². The van der Waals surface area contributed by atoms with Gasteiger partial charge in [-0.2, -0.15) is 0 Å². The molecule has 5 heteroatoms. The Bertz CT molecular complexity index is 555. The maximum absolute atomic E-state index is 13.8. The number of rotatable bonds is 4. The summed E-state index contributed by atoms with van der Waals surface area (Å²) < 4.78 is 19.6. The van der Waals surface area contributed by atoms with E-state index in [-0.39, 0.29) is 23.4 Å². The van der Waals surface area contributed by atoms with Crippen LogP contribution in [0.5, 0.6) is 0 Å². The van der Waals surface area contributed by atoms with Crippen molar-refractivity contribution in [3.63, 3.8) is 0 Å². The smallest absolute Gasteiger partial charge is 0.191 e. The molecule has 3 unspecified atom stereocenters. The molecule has 22 heavy (non-hydrogen) atoms. The number of nitrogens with one attached hydrogen (secondary N) is 2. The summed E-state index contributed by atoms with van der Waals surface area (Å²) in [6.45, 7) is 3.70. The number of aliphatic imine (C=N–C) groups is 1. The fourth-order valence-electron chi connectivity index (χ4n) is 3.09. The van der Waals surface area contributed by atoms with E-state index in [0.717, 1.165) is 43.9 Å². The van der Waals surface area contributed by atoms with E-state index >= 15 is 0 Å². The van der Waals surface area contributed by atoms with Gasteiger partial charge in [0.2, 0.25) is 0 Å². The first-order chi connectivity index (χ1) is 10.6. The summed E-state index contributed by atoms with van der Waals surface area (Å²) in [6.07, 6.45) is 3.12. The summed E-state index contributed by atoms with van der Waals surface area (Å²) in [5, 5.41) is 6.70. The first-order valence-electron chi connectivity index (χ1n) is 7.97. The molecular weight excluding hydrogens is 281 g/mol. The molecule has 0 amide bonds. The number of hydrogen-bond donors (Lipinski definition) is 2. The molecule has 1 aromatic carbocycles. The Morgan fingerprint density at radius 2 is 2.27 bits per heavy atom. The van der Waals surface area contributed by atoms with Gasteiger partial charge in [0, 0.05) is 32.2 Å². The zero-order chi connectivity index (χ0) is 15.6. The summed E-state index contributed by atoms with van der Waals surface area (Å²) in [5.41, 5.74) is 0.688. The minimum atomic E-state index is -0.119. The third-order valence-electron chi connectivity index (χ3n) is 4.57. The lowest BCUT2D eigenvalue weighted by molar-refractivity contribution is 0.0243. The monoisotopic (exact) mass is 305 g/mol. The highest BCUT2D eigenvalue weighted by molar-refractivity contribution is 5.80. The fraction of sp³-hybridized carbons (Fsp3) is 0.588. The topological polar surface area (TPSA) is 45.7 Å². The molecule has 2 aliphatic rings. The fourth-order valence-corrected chi connectivity index (χ4v) is 3.09. The summed E-state index contributed by atoms with van der Waals surface area (Å²) in [6, 6.07) is 7.26. The van der Waals surface area contributed by atoms with E-state index in [9.17, 15) is 4.39 Å². The van der Waals surface area contributed by atoms with Gasteiger partial charge >= 0.3 is 0 Å². The molecule has 2 fully saturated rings. The van der Waals surface area contributed by atoms with Gasteiger partial charge < -0.3 is 15.4 Å². The predicted octanol–water partition coefficient (Wildman–Crippen LogP) is 2.42. The molecule has 0 aromatic heterocycles. The van der Waals surface area contributed by atoms with Crippen molar-refractivity contribution in [1.29, 1.82) is 0 Å². The van der Waals surface area contributed by atoms with Gasteiger partial charge in [-0.15, -0.1) is 0 Å². The van der Waals surface area contributed by atoms with Crippen LogP contribution in [0.25, 0.3) is 0 Å². The Kier molecular flexibility index (Phi) is 4.34. The van der Waals surface area contributed by atoms with Gasteiger partial charge in [0.05, 0.1) is 5.60 Å². The molecule has 0 radical (unpaired) electrons. The first-order valence-corrected chi connectivity index (χ1v) is 7.97. The lowest BCUT2D eigenvalue weighted by Crippen LogP contribution is -2.46. The predicted molar refractivity (Wildman–Crippen MR) is 85.6 cm³/mol. The molecule has 0 spiro atoms. The molecule has 120 valence electrons. The van der Waals surface area contributed by atoms with Gasteiger partial charge in [0.1, 0.15) is 5.82 Å². The second-order valence-electron chi connectivity index (χ2n) is 6.44. The van der Waals surface area contributed by atoms with Gasteiger partial charge in [0.25, 0.3) is 0 Å². The van der Waals surface area contributed by atoms with E-state index in [1.165, 1.54) is 6.07 Å². The van der Waals surface area contributed by atoms with Crippen LogP contribution in [-0.2, 0) is 4.74 Å². The van der Waals surface area contributed by atoms with Crippen molar-refractivity contribution in [1.82, 2.24) is 10.6 Å². The summed E-state index contributed by atoms with van der Waals surface area (Å²) in [7, 11) is 1.76. The molecule has 1 saturated heterocycles. The van der Waals surface area contributed by atoms with Gasteiger partial charge in [-0.1, -0.05) is 18.2 Å². The van der Waals surface area contributed by atoms with Crippen LogP contribution in [0.4, 0.5) is 4.39 Å². The summed E-state index contributed by atoms with van der Waals surface area (Å²) >= 11 is 0. The molecule has 3 rings (SSSR count). The van der Waals surface area contributed by atoms with Crippen LogP contribution in [0.3, 0.4) is 0 Å². The van der Waals surface area contributed by atoms with E-state index < -0.39 is 0 Å². The third-order valence-corrected chi connectivity index (χ3v) is 4.57. The van der Waals surface area contributed by atoms with Gasteiger partial charge in [-0.3, -0.25) is 4.99 Å². The van der Waals surface area contributed by atoms with Gasteiger partial charge in [-0.25, -0.2) is 4.39 Å². The Labute approximate surface area is 131 Å². The van der Waals surface area contributed by atoms with Crippen LogP contribution in [0, 0.1) is 5.82 Å². The molecule has 1 saturated carbocycles. The molecule has 1 aromatic rings. The summed E-state index contributed by atoms with van der Waals surface area (Å²) in [4.78, 5) is 4.26. The number of nitrogens with zero attached hydrogens (tertiary/aromatic N) is 1. The zero-order valence-corrected chi connectivity index (χ0v) is 13.2. The van der Waals surface area contributed by atoms with Crippen molar-refractivity contribution >= 4 is 5.96 Å². The Hall–Kier alpha value is -1.62. The number of ether oxygens (including phenoxy) is 1.